The molecule has 0 bridgehead atoms. The minimum atomic E-state index is -2.29. The monoisotopic (exact) mass is 469 g/mol. The number of carbonyl (C=O) groups excluding carboxylic acids is 1. The van der Waals surface area contributed by atoms with Gasteiger partial charge in [0.15, 0.2) is 0 Å². The first-order valence-corrected chi connectivity index (χ1v) is 11.7. The Bertz CT molecular complexity index is 481. The van der Waals surface area contributed by atoms with Crippen LogP contribution >= 0.6 is 5.50 Å². The van der Waals surface area contributed by atoms with Crippen LogP contribution in [0.25, 0.3) is 0 Å². The van der Waals surface area contributed by atoms with Gasteiger partial charge in [-0.05, 0) is 0 Å². The van der Waals surface area contributed by atoms with E-state index in [-0.39, 0.29) is 12.1 Å². The van der Waals surface area contributed by atoms with Crippen molar-refractivity contribution < 1.29 is 37.4 Å². The zero-order valence-electron chi connectivity index (χ0n) is 12.0. The second-order valence-electron chi connectivity index (χ2n) is 4.42. The summed E-state index contributed by atoms with van der Waals surface area (Å²) in [6, 6.07) is 8.93. The predicted molar refractivity (Wildman–Crippen MR) is 74.8 cm³/mol. The molecule has 0 radical (unpaired) electrons. The Morgan fingerprint density at radius 2 is 1.85 bits per heavy atom. The number of hydrogen-bond acceptors (Lipinski definition) is 5. The number of esters is 1. The molecule has 0 heterocycles. The van der Waals surface area contributed by atoms with Crippen molar-refractivity contribution in [2.24, 2.45) is 0 Å². The van der Waals surface area contributed by atoms with Gasteiger partial charge in [-0.25, -0.2) is 0 Å². The second-order valence-corrected chi connectivity index (χ2v) is 11.4. The van der Waals surface area contributed by atoms with Gasteiger partial charge in [0.1, 0.15) is 0 Å². The Hall–Kier alpha value is -0.472. The fourth-order valence-corrected chi connectivity index (χ4v) is 5.20. The van der Waals surface area contributed by atoms with Crippen LogP contribution in [0.15, 0.2) is 30.3 Å². The predicted octanol–water partition coefficient (Wildman–Crippen LogP) is 2.87. The molecule has 0 aliphatic carbocycles. The molecule has 0 saturated carbocycles. The molecule has 1 aromatic carbocycles. The zero-order chi connectivity index (χ0) is 15.2. The van der Waals surface area contributed by atoms with Crippen LogP contribution in [0.5, 0.6) is 5.75 Å². The molecule has 5 nitrogen and oxygen atoms in total. The topological polar surface area (TPSA) is 56.8 Å². The van der Waals surface area contributed by atoms with Crippen LogP contribution in [0.1, 0.15) is 20.8 Å². The number of nitrogens with one attached hydrogen (secondary N) is 1. The third-order valence-corrected chi connectivity index (χ3v) is 7.45. The molecule has 0 saturated heterocycles. The summed E-state index contributed by atoms with van der Waals surface area (Å²) in [5, 5.41) is 3.13. The van der Waals surface area contributed by atoms with Crippen molar-refractivity contribution >= 4 is 11.5 Å². The van der Waals surface area contributed by atoms with E-state index in [1.165, 1.54) is 0 Å². The van der Waals surface area contributed by atoms with Gasteiger partial charge in [-0.15, -0.1) is 0 Å². The van der Waals surface area contributed by atoms with Gasteiger partial charge in [0.2, 0.25) is 0 Å². The number of benzene rings is 1. The van der Waals surface area contributed by atoms with E-state index >= 15 is 0 Å². The van der Waals surface area contributed by atoms with Crippen LogP contribution in [0.2, 0.25) is 0 Å². The average Bonchev–Trinajstić information content (AvgIpc) is 2.39. The third-order valence-electron chi connectivity index (χ3n) is 2.27. The minimum absolute atomic E-state index is 0.138. The van der Waals surface area contributed by atoms with Gasteiger partial charge >= 0.3 is 130 Å². The van der Waals surface area contributed by atoms with Crippen LogP contribution in [-0.4, -0.2) is 25.2 Å². The normalized spacial score (nSPS) is 15.4. The first kappa shape index (κ1) is 17.6. The number of hydrogen-bond donors (Lipinski definition) is 1. The molecule has 0 amide bonds. The summed E-state index contributed by atoms with van der Waals surface area (Å²) >= 11 is 1.11. The van der Waals surface area contributed by atoms with Gasteiger partial charge in [0.05, 0.1) is 0 Å². The maximum atomic E-state index is 11.8. The van der Waals surface area contributed by atoms with Crippen LogP contribution in [-0.2, 0) is 32.9 Å². The Morgan fingerprint density at radius 1 is 1.25 bits per heavy atom. The first-order chi connectivity index (χ1) is 9.36. The Morgan fingerprint density at radius 3 is 2.35 bits per heavy atom. The van der Waals surface area contributed by atoms with Crippen LogP contribution in [0.4, 0.5) is 0 Å². The van der Waals surface area contributed by atoms with Crippen molar-refractivity contribution in [2.75, 3.05) is 7.11 Å². The molecular weight excluding hydrogens is 449 g/mol. The number of rotatable bonds is 7. The van der Waals surface area contributed by atoms with Crippen molar-refractivity contribution in [2.45, 2.75) is 32.9 Å². The van der Waals surface area contributed by atoms with E-state index in [0.717, 1.165) is 24.6 Å². The molecule has 0 aromatic heterocycles. The van der Waals surface area contributed by atoms with Gasteiger partial charge in [-0.3, -0.25) is 0 Å². The average molecular weight is 469 g/mol. The number of ether oxygens (including phenoxy) is 1. The van der Waals surface area contributed by atoms with Crippen LogP contribution in [0, 0.1) is 0 Å². The fourth-order valence-electron chi connectivity index (χ4n) is 1.36. The van der Waals surface area contributed by atoms with E-state index < -0.39 is 11.5 Å². The Labute approximate surface area is 130 Å². The van der Waals surface area contributed by atoms with Gasteiger partial charge < -0.3 is 0 Å². The molecule has 112 valence electrons. The SMILES string of the molecule is CO[P](=[W])(NC(C)C(=O)OC(C)C)Oc1ccccc1. The summed E-state index contributed by atoms with van der Waals surface area (Å²) in [6.07, 6.45) is -0.138. The van der Waals surface area contributed by atoms with Crippen molar-refractivity contribution in [3.8, 4) is 5.75 Å². The van der Waals surface area contributed by atoms with Crippen molar-refractivity contribution in [3.63, 3.8) is 0 Å². The maximum absolute atomic E-state index is 11.8. The Balaban J connectivity index is 2.70. The molecule has 20 heavy (non-hydrogen) atoms. The summed E-state index contributed by atoms with van der Waals surface area (Å²) in [5.74, 6) is 0.411. The molecule has 0 spiro atoms. The molecule has 0 aliphatic heterocycles. The molecule has 0 aliphatic rings. The molecule has 7 heteroatoms. The van der Waals surface area contributed by atoms with E-state index in [4.69, 9.17) is 13.8 Å². The van der Waals surface area contributed by atoms with Crippen LogP contribution in [0.3, 0.4) is 0 Å². The summed E-state index contributed by atoms with van der Waals surface area (Å²) in [6.45, 7) is 5.39. The summed E-state index contributed by atoms with van der Waals surface area (Å²) < 4.78 is 16.5. The van der Waals surface area contributed by atoms with E-state index in [1.807, 2.05) is 44.2 Å². The summed E-state index contributed by atoms with van der Waals surface area (Å²) in [5.41, 5.74) is -2.29. The molecule has 1 aromatic rings. The molecule has 0 fully saturated rings. The zero-order valence-corrected chi connectivity index (χ0v) is 15.9. The molecular formula is C13H20NO4PW. The molecule has 1 N–H and O–H groups in total. The number of para-hydroxylation sites is 1. The number of carbonyl (C=O) groups is 1. The van der Waals surface area contributed by atoms with Gasteiger partial charge in [-0.1, -0.05) is 0 Å². The standard InChI is InChI=1S/C13H20NO4P.W/c1-10(2)17-13(15)11(3)14-19(16-4)18-12-8-6-5-7-9-12;/h5-11,14H,1-4H3;. The quantitative estimate of drug-likeness (QED) is 0.492. The molecule has 2 unspecified atom stereocenters. The summed E-state index contributed by atoms with van der Waals surface area (Å²) in [7, 11) is 1.58. The van der Waals surface area contributed by atoms with E-state index in [9.17, 15) is 4.79 Å². The van der Waals surface area contributed by atoms with Crippen molar-refractivity contribution in [1.82, 2.24) is 5.09 Å². The molecule has 1 rings (SSSR count). The summed E-state index contributed by atoms with van der Waals surface area (Å²) in [4.78, 5) is 11.8. The van der Waals surface area contributed by atoms with E-state index in [0.29, 0.717) is 0 Å². The van der Waals surface area contributed by atoms with Gasteiger partial charge in [0.25, 0.3) is 0 Å². The van der Waals surface area contributed by atoms with Crippen molar-refractivity contribution in [3.05, 3.63) is 30.3 Å². The fraction of sp³-hybridized carbons (Fsp3) is 0.462. The van der Waals surface area contributed by atoms with Crippen LogP contribution < -0.4 is 9.61 Å². The first-order valence-electron chi connectivity index (χ1n) is 6.25. The second kappa shape index (κ2) is 8.09. The van der Waals surface area contributed by atoms with Gasteiger partial charge in [0, 0.05) is 0 Å². The van der Waals surface area contributed by atoms with E-state index in [1.54, 1.807) is 14.0 Å². The molecule has 2 atom stereocenters. The Kier molecular flexibility index (Phi) is 7.11. The van der Waals surface area contributed by atoms with Crippen molar-refractivity contribution in [1.29, 1.82) is 0 Å². The van der Waals surface area contributed by atoms with Gasteiger partial charge in [-0.2, -0.15) is 0 Å². The third kappa shape index (κ3) is 5.88. The van der Waals surface area contributed by atoms with E-state index in [2.05, 4.69) is 5.09 Å².